The van der Waals surface area contributed by atoms with Gasteiger partial charge < -0.3 is 4.57 Å². The Balaban J connectivity index is 2.28. The van der Waals surface area contributed by atoms with Crippen molar-refractivity contribution in [1.29, 1.82) is 0 Å². The molecule has 0 saturated carbocycles. The van der Waals surface area contributed by atoms with E-state index >= 15 is 0 Å². The number of benzene rings is 1. The van der Waals surface area contributed by atoms with Crippen LogP contribution in [0.3, 0.4) is 0 Å². The SMILES string of the molecule is CC(C)CCCC(C)n1c(CCCl)nc2cc(Br)ccc21. The van der Waals surface area contributed by atoms with Crippen LogP contribution in [0.1, 0.15) is 51.9 Å². The third-order valence-electron chi connectivity index (χ3n) is 3.89. The summed E-state index contributed by atoms with van der Waals surface area (Å²) >= 11 is 9.48. The van der Waals surface area contributed by atoms with Crippen LogP contribution in [0.15, 0.2) is 22.7 Å². The third-order valence-corrected chi connectivity index (χ3v) is 4.57. The van der Waals surface area contributed by atoms with E-state index in [4.69, 9.17) is 16.6 Å². The maximum atomic E-state index is 5.95. The van der Waals surface area contributed by atoms with Crippen LogP contribution < -0.4 is 0 Å². The highest BCUT2D eigenvalue weighted by atomic mass is 79.9. The molecule has 0 amide bonds. The molecule has 0 aliphatic rings. The van der Waals surface area contributed by atoms with Crippen LogP contribution in [-0.2, 0) is 6.42 Å². The summed E-state index contributed by atoms with van der Waals surface area (Å²) in [6.07, 6.45) is 4.56. The Bertz CT molecular complexity index is 592. The molecule has 0 saturated heterocycles. The van der Waals surface area contributed by atoms with Gasteiger partial charge in [0.05, 0.1) is 11.0 Å². The fraction of sp³-hybridized carbons (Fsp3) is 0.588. The summed E-state index contributed by atoms with van der Waals surface area (Å²) in [4.78, 5) is 4.78. The van der Waals surface area contributed by atoms with Gasteiger partial charge in [-0.15, -0.1) is 11.6 Å². The lowest BCUT2D eigenvalue weighted by atomic mass is 10.0. The number of nitrogens with zero attached hydrogens (tertiary/aromatic N) is 2. The zero-order valence-electron chi connectivity index (χ0n) is 13.1. The number of rotatable bonds is 7. The van der Waals surface area contributed by atoms with Crippen molar-refractivity contribution >= 4 is 38.6 Å². The van der Waals surface area contributed by atoms with Crippen LogP contribution in [0.5, 0.6) is 0 Å². The van der Waals surface area contributed by atoms with E-state index < -0.39 is 0 Å². The molecule has 116 valence electrons. The van der Waals surface area contributed by atoms with E-state index in [0.717, 1.165) is 28.2 Å². The summed E-state index contributed by atoms with van der Waals surface area (Å²) in [5.41, 5.74) is 2.27. The lowest BCUT2D eigenvalue weighted by Gasteiger charge is -2.18. The number of aryl methyl sites for hydroxylation is 1. The molecule has 1 aromatic heterocycles. The van der Waals surface area contributed by atoms with Gasteiger partial charge in [0.15, 0.2) is 0 Å². The number of fused-ring (bicyclic) bond motifs is 1. The molecule has 0 N–H and O–H groups in total. The molecule has 0 bridgehead atoms. The molecule has 21 heavy (non-hydrogen) atoms. The monoisotopic (exact) mass is 370 g/mol. The van der Waals surface area contributed by atoms with E-state index in [1.807, 2.05) is 0 Å². The van der Waals surface area contributed by atoms with Gasteiger partial charge in [-0.25, -0.2) is 4.98 Å². The molecule has 1 atom stereocenters. The van der Waals surface area contributed by atoms with Gasteiger partial charge in [0.2, 0.25) is 0 Å². The van der Waals surface area contributed by atoms with Gasteiger partial charge in [0, 0.05) is 22.8 Å². The highest BCUT2D eigenvalue weighted by Crippen LogP contribution is 2.27. The van der Waals surface area contributed by atoms with Gasteiger partial charge in [-0.2, -0.15) is 0 Å². The van der Waals surface area contributed by atoms with Gasteiger partial charge in [-0.05, 0) is 37.5 Å². The predicted molar refractivity (Wildman–Crippen MR) is 95.3 cm³/mol. The molecule has 4 heteroatoms. The van der Waals surface area contributed by atoms with Crippen LogP contribution >= 0.6 is 27.5 Å². The number of halogens is 2. The van der Waals surface area contributed by atoms with Crippen molar-refractivity contribution in [3.05, 3.63) is 28.5 Å². The van der Waals surface area contributed by atoms with Crippen molar-refractivity contribution in [3.8, 4) is 0 Å². The van der Waals surface area contributed by atoms with Crippen LogP contribution in [0.2, 0.25) is 0 Å². The summed E-state index contributed by atoms with van der Waals surface area (Å²) in [5, 5.41) is 0. The second-order valence-corrected chi connectivity index (χ2v) is 7.44. The summed E-state index contributed by atoms with van der Waals surface area (Å²) in [6, 6.07) is 6.80. The molecular formula is C17H24BrClN2. The number of hydrogen-bond acceptors (Lipinski definition) is 1. The van der Waals surface area contributed by atoms with Gasteiger partial charge in [-0.1, -0.05) is 42.6 Å². The highest BCUT2D eigenvalue weighted by Gasteiger charge is 2.15. The molecule has 0 fully saturated rings. The fourth-order valence-electron chi connectivity index (χ4n) is 2.83. The van der Waals surface area contributed by atoms with Crippen molar-refractivity contribution in [2.75, 3.05) is 5.88 Å². The smallest absolute Gasteiger partial charge is 0.111 e. The van der Waals surface area contributed by atoms with Crippen LogP contribution in [0.25, 0.3) is 11.0 Å². The average Bonchev–Trinajstić information content (AvgIpc) is 2.75. The van der Waals surface area contributed by atoms with Crippen LogP contribution in [0.4, 0.5) is 0 Å². The number of aromatic nitrogens is 2. The Kier molecular flexibility index (Phi) is 6.12. The average molecular weight is 372 g/mol. The van der Waals surface area contributed by atoms with Gasteiger partial charge in [-0.3, -0.25) is 0 Å². The Labute approximate surface area is 141 Å². The Morgan fingerprint density at radius 1 is 1.24 bits per heavy atom. The van der Waals surface area contributed by atoms with Crippen LogP contribution in [-0.4, -0.2) is 15.4 Å². The molecule has 1 unspecified atom stereocenters. The van der Waals surface area contributed by atoms with Gasteiger partial charge in [0.25, 0.3) is 0 Å². The van der Waals surface area contributed by atoms with Crippen molar-refractivity contribution < 1.29 is 0 Å². The molecule has 2 rings (SSSR count). The van der Waals surface area contributed by atoms with E-state index in [0.29, 0.717) is 11.9 Å². The van der Waals surface area contributed by atoms with Crippen LogP contribution in [0, 0.1) is 5.92 Å². The lowest BCUT2D eigenvalue weighted by molar-refractivity contribution is 0.445. The zero-order valence-corrected chi connectivity index (χ0v) is 15.4. The Hall–Kier alpha value is -0.540. The fourth-order valence-corrected chi connectivity index (χ4v) is 3.34. The predicted octanol–water partition coefficient (Wildman–Crippen LogP) is 5.97. The first-order valence-electron chi connectivity index (χ1n) is 7.75. The molecule has 0 spiro atoms. The highest BCUT2D eigenvalue weighted by molar-refractivity contribution is 9.10. The largest absolute Gasteiger partial charge is 0.325 e. The third kappa shape index (κ3) is 4.23. The van der Waals surface area contributed by atoms with E-state index in [1.165, 1.54) is 24.8 Å². The van der Waals surface area contributed by atoms with Crippen molar-refractivity contribution in [2.45, 2.75) is 52.5 Å². The second kappa shape index (κ2) is 7.64. The maximum Gasteiger partial charge on any atom is 0.111 e. The molecule has 2 aromatic rings. The zero-order chi connectivity index (χ0) is 15.4. The standard InChI is InChI=1S/C17H24BrClN2/c1-12(2)5-4-6-13(3)21-16-8-7-14(18)11-15(16)20-17(21)9-10-19/h7-8,11-13H,4-6,9-10H2,1-3H3. The summed E-state index contributed by atoms with van der Waals surface area (Å²) in [5.74, 6) is 2.49. The first kappa shape index (κ1) is 16.8. The van der Waals surface area contributed by atoms with Crippen molar-refractivity contribution in [3.63, 3.8) is 0 Å². The lowest BCUT2D eigenvalue weighted by Crippen LogP contribution is -2.10. The minimum absolute atomic E-state index is 0.466. The quantitative estimate of drug-likeness (QED) is 0.548. The van der Waals surface area contributed by atoms with E-state index in [-0.39, 0.29) is 0 Å². The topological polar surface area (TPSA) is 17.8 Å². The summed E-state index contributed by atoms with van der Waals surface area (Å²) < 4.78 is 3.45. The molecule has 0 aliphatic heterocycles. The Morgan fingerprint density at radius 3 is 2.67 bits per heavy atom. The number of hydrogen-bond donors (Lipinski definition) is 0. The van der Waals surface area contributed by atoms with E-state index in [1.54, 1.807) is 0 Å². The minimum atomic E-state index is 0.466. The molecule has 1 heterocycles. The second-order valence-electron chi connectivity index (χ2n) is 6.14. The maximum absolute atomic E-state index is 5.95. The minimum Gasteiger partial charge on any atom is -0.325 e. The number of alkyl halides is 1. The molecule has 0 radical (unpaired) electrons. The Morgan fingerprint density at radius 2 is 2.00 bits per heavy atom. The van der Waals surface area contributed by atoms with Crippen molar-refractivity contribution in [2.24, 2.45) is 5.92 Å². The van der Waals surface area contributed by atoms with Gasteiger partial charge in [0.1, 0.15) is 5.82 Å². The van der Waals surface area contributed by atoms with E-state index in [2.05, 4.69) is 59.5 Å². The summed E-state index contributed by atoms with van der Waals surface area (Å²) in [7, 11) is 0. The molecule has 0 aliphatic carbocycles. The number of imidazole rings is 1. The molecule has 1 aromatic carbocycles. The normalized spacial score (nSPS) is 13.2. The van der Waals surface area contributed by atoms with E-state index in [9.17, 15) is 0 Å². The first-order chi connectivity index (χ1) is 10.0. The van der Waals surface area contributed by atoms with Crippen molar-refractivity contribution in [1.82, 2.24) is 9.55 Å². The summed E-state index contributed by atoms with van der Waals surface area (Å²) in [6.45, 7) is 6.86. The molecule has 2 nitrogen and oxygen atoms in total. The van der Waals surface area contributed by atoms with Gasteiger partial charge >= 0.3 is 0 Å². The first-order valence-corrected chi connectivity index (χ1v) is 9.08. The molecular weight excluding hydrogens is 348 g/mol.